The number of hydrogen-bond donors (Lipinski definition) is 0. The highest BCUT2D eigenvalue weighted by Crippen LogP contribution is 2.32. The maximum atomic E-state index is 13.1. The molecule has 0 amide bonds. The predicted octanol–water partition coefficient (Wildman–Crippen LogP) is 3.02. The molecule has 0 radical (unpaired) electrons. The summed E-state index contributed by atoms with van der Waals surface area (Å²) < 4.78 is 35.3. The quantitative estimate of drug-likeness (QED) is 0.724. The minimum atomic E-state index is -4.01. The maximum Gasteiger partial charge on any atom is 0.263 e. The molecule has 0 fully saturated rings. The van der Waals surface area contributed by atoms with Crippen LogP contribution < -0.4 is 0 Å². The lowest BCUT2D eigenvalue weighted by molar-refractivity contribution is 0.600. The van der Waals surface area contributed by atoms with E-state index in [-0.39, 0.29) is 4.90 Å². The maximum absolute atomic E-state index is 13.1. The van der Waals surface area contributed by atoms with Gasteiger partial charge in [0.15, 0.2) is 0 Å². The number of halogens is 3. The molecule has 1 aromatic rings. The first kappa shape index (κ1) is 11.8. The molecule has 0 aliphatic rings. The molecular formula is C8H7Cl2FO2S. The molecule has 0 spiro atoms. The molecule has 0 unspecified atom stereocenters. The van der Waals surface area contributed by atoms with Gasteiger partial charge in [-0.3, -0.25) is 0 Å². The first-order chi connectivity index (χ1) is 6.25. The van der Waals surface area contributed by atoms with Gasteiger partial charge in [0, 0.05) is 10.7 Å². The minimum Gasteiger partial charge on any atom is -0.207 e. The second-order valence-corrected chi connectivity index (χ2v) is 5.76. The lowest BCUT2D eigenvalue weighted by Crippen LogP contribution is -2.00. The molecule has 78 valence electrons. The summed E-state index contributed by atoms with van der Waals surface area (Å²) in [4.78, 5) is -0.349. The van der Waals surface area contributed by atoms with Crippen LogP contribution in [0.5, 0.6) is 0 Å². The van der Waals surface area contributed by atoms with E-state index in [0.29, 0.717) is 11.1 Å². The average Bonchev–Trinajstić information content (AvgIpc) is 1.98. The highest BCUT2D eigenvalue weighted by molar-refractivity contribution is 8.13. The molecule has 0 heterocycles. The third-order valence-electron chi connectivity index (χ3n) is 1.93. The van der Waals surface area contributed by atoms with Crippen molar-refractivity contribution in [1.82, 2.24) is 0 Å². The average molecular weight is 257 g/mol. The van der Waals surface area contributed by atoms with Gasteiger partial charge in [0.1, 0.15) is 10.7 Å². The van der Waals surface area contributed by atoms with Crippen LogP contribution in [-0.2, 0) is 9.05 Å². The Kier molecular flexibility index (Phi) is 3.09. The van der Waals surface area contributed by atoms with Crippen molar-refractivity contribution in [2.24, 2.45) is 0 Å². The standard InChI is InChI=1S/C8H7Cl2FO2S/c1-4-3-6(11)7(9)8(5(4)2)14(10,12)13/h3H,1-2H3. The summed E-state index contributed by atoms with van der Waals surface area (Å²) in [5, 5.41) is -0.455. The topological polar surface area (TPSA) is 34.1 Å². The minimum absolute atomic E-state index is 0.349. The van der Waals surface area contributed by atoms with Gasteiger partial charge in [-0.25, -0.2) is 12.8 Å². The van der Waals surface area contributed by atoms with Gasteiger partial charge in [0.25, 0.3) is 9.05 Å². The number of aryl methyl sites for hydroxylation is 1. The Balaban J connectivity index is 3.74. The summed E-state index contributed by atoms with van der Waals surface area (Å²) in [5.74, 6) is -0.783. The molecule has 14 heavy (non-hydrogen) atoms. The van der Waals surface area contributed by atoms with E-state index in [4.69, 9.17) is 22.3 Å². The molecule has 0 saturated carbocycles. The number of hydrogen-bond acceptors (Lipinski definition) is 2. The van der Waals surface area contributed by atoms with Crippen molar-refractivity contribution < 1.29 is 12.8 Å². The lowest BCUT2D eigenvalue weighted by atomic mass is 10.1. The first-order valence-corrected chi connectivity index (χ1v) is 6.33. The Morgan fingerprint density at radius 1 is 1.36 bits per heavy atom. The van der Waals surface area contributed by atoms with Gasteiger partial charge in [0.2, 0.25) is 0 Å². The van der Waals surface area contributed by atoms with E-state index in [9.17, 15) is 12.8 Å². The molecule has 6 heteroatoms. The Bertz CT molecular complexity index is 456. The van der Waals surface area contributed by atoms with Gasteiger partial charge in [-0.1, -0.05) is 11.6 Å². The summed E-state index contributed by atoms with van der Waals surface area (Å²) in [7, 11) is 1.13. The Morgan fingerprint density at radius 3 is 2.29 bits per heavy atom. The molecule has 0 aliphatic carbocycles. The smallest absolute Gasteiger partial charge is 0.207 e. The monoisotopic (exact) mass is 256 g/mol. The Hall–Kier alpha value is -0.320. The van der Waals surface area contributed by atoms with E-state index < -0.39 is 19.9 Å². The second-order valence-electron chi connectivity index (χ2n) is 2.88. The van der Waals surface area contributed by atoms with Crippen molar-refractivity contribution in [2.45, 2.75) is 18.7 Å². The van der Waals surface area contributed by atoms with Crippen molar-refractivity contribution in [1.29, 1.82) is 0 Å². The fourth-order valence-corrected chi connectivity index (χ4v) is 3.14. The van der Waals surface area contributed by atoms with E-state index in [1.807, 2.05) is 0 Å². The summed E-state index contributed by atoms with van der Waals surface area (Å²) in [6.45, 7) is 3.11. The molecule has 0 saturated heterocycles. The molecule has 0 aliphatic heterocycles. The Labute approximate surface area is 91.1 Å². The van der Waals surface area contributed by atoms with Gasteiger partial charge in [-0.15, -0.1) is 0 Å². The van der Waals surface area contributed by atoms with Gasteiger partial charge in [0.05, 0.1) is 5.02 Å². The van der Waals surface area contributed by atoms with Crippen LogP contribution >= 0.6 is 22.3 Å². The summed E-state index contributed by atoms with van der Waals surface area (Å²) in [6, 6.07) is 1.17. The normalized spacial score (nSPS) is 11.8. The van der Waals surface area contributed by atoms with E-state index in [2.05, 4.69) is 0 Å². The SMILES string of the molecule is Cc1cc(F)c(Cl)c(S(=O)(=O)Cl)c1C. The fourth-order valence-electron chi connectivity index (χ4n) is 1.10. The van der Waals surface area contributed by atoms with Crippen molar-refractivity contribution in [3.8, 4) is 0 Å². The molecule has 0 N–H and O–H groups in total. The highest BCUT2D eigenvalue weighted by Gasteiger charge is 2.22. The lowest BCUT2D eigenvalue weighted by Gasteiger charge is -2.08. The van der Waals surface area contributed by atoms with Crippen LogP contribution in [0.1, 0.15) is 11.1 Å². The molecular weight excluding hydrogens is 250 g/mol. The zero-order valence-electron chi connectivity index (χ0n) is 7.44. The summed E-state index contributed by atoms with van der Waals surface area (Å²) in [5.41, 5.74) is 0.859. The molecule has 1 rings (SSSR count). The van der Waals surface area contributed by atoms with Crippen molar-refractivity contribution in [3.63, 3.8) is 0 Å². The van der Waals surface area contributed by atoms with Crippen LogP contribution in [0, 0.1) is 19.7 Å². The van der Waals surface area contributed by atoms with E-state index in [0.717, 1.165) is 0 Å². The third-order valence-corrected chi connectivity index (χ3v) is 3.87. The predicted molar refractivity (Wildman–Crippen MR) is 53.9 cm³/mol. The molecule has 2 nitrogen and oxygen atoms in total. The fraction of sp³-hybridized carbons (Fsp3) is 0.250. The zero-order chi connectivity index (χ0) is 11.1. The number of rotatable bonds is 1. The van der Waals surface area contributed by atoms with Crippen LogP contribution in [0.15, 0.2) is 11.0 Å². The van der Waals surface area contributed by atoms with Crippen LogP contribution in [-0.4, -0.2) is 8.42 Å². The van der Waals surface area contributed by atoms with Crippen LogP contribution in [0.25, 0.3) is 0 Å². The van der Waals surface area contributed by atoms with Gasteiger partial charge in [-0.2, -0.15) is 0 Å². The van der Waals surface area contributed by atoms with Crippen LogP contribution in [0.4, 0.5) is 4.39 Å². The highest BCUT2D eigenvalue weighted by atomic mass is 35.7. The Morgan fingerprint density at radius 2 is 1.86 bits per heavy atom. The molecule has 0 atom stereocenters. The van der Waals surface area contributed by atoms with Crippen molar-refractivity contribution >= 4 is 31.3 Å². The van der Waals surface area contributed by atoms with Crippen molar-refractivity contribution in [3.05, 3.63) is 28.0 Å². The third kappa shape index (κ3) is 2.02. The van der Waals surface area contributed by atoms with Crippen LogP contribution in [0.2, 0.25) is 5.02 Å². The van der Waals surface area contributed by atoms with Crippen LogP contribution in [0.3, 0.4) is 0 Å². The zero-order valence-corrected chi connectivity index (χ0v) is 9.76. The van der Waals surface area contributed by atoms with Gasteiger partial charge in [-0.05, 0) is 31.0 Å². The summed E-state index contributed by atoms with van der Waals surface area (Å²) >= 11 is 5.52. The first-order valence-electron chi connectivity index (χ1n) is 3.65. The molecule has 0 aromatic heterocycles. The number of benzene rings is 1. The molecule has 1 aromatic carbocycles. The van der Waals surface area contributed by atoms with E-state index >= 15 is 0 Å². The molecule has 0 bridgehead atoms. The summed E-state index contributed by atoms with van der Waals surface area (Å²) in [6.07, 6.45) is 0. The van der Waals surface area contributed by atoms with E-state index in [1.54, 1.807) is 6.92 Å². The van der Waals surface area contributed by atoms with Crippen molar-refractivity contribution in [2.75, 3.05) is 0 Å². The van der Waals surface area contributed by atoms with Gasteiger partial charge < -0.3 is 0 Å². The second kappa shape index (κ2) is 3.68. The van der Waals surface area contributed by atoms with Gasteiger partial charge >= 0.3 is 0 Å². The largest absolute Gasteiger partial charge is 0.263 e. The van der Waals surface area contributed by atoms with E-state index in [1.165, 1.54) is 13.0 Å².